The summed E-state index contributed by atoms with van der Waals surface area (Å²) in [6.07, 6.45) is 1.63. The Kier molecular flexibility index (Phi) is 5.77. The Morgan fingerprint density at radius 3 is 2.79 bits per heavy atom. The van der Waals surface area contributed by atoms with E-state index in [1.54, 1.807) is 25.1 Å². The van der Waals surface area contributed by atoms with E-state index in [1.165, 1.54) is 6.07 Å². The lowest BCUT2D eigenvalue weighted by atomic mass is 10.1. The fourth-order valence-corrected chi connectivity index (χ4v) is 1.43. The molecule has 0 atom stereocenters. The molecule has 4 heteroatoms. The Morgan fingerprint density at radius 2 is 2.21 bits per heavy atom. The molecule has 0 aromatic heterocycles. The van der Waals surface area contributed by atoms with Crippen molar-refractivity contribution in [3.8, 4) is 11.8 Å². The van der Waals surface area contributed by atoms with Crippen LogP contribution < -0.4 is 0 Å². The molecular formula is C15H15FO3. The monoisotopic (exact) mass is 262 g/mol. The van der Waals surface area contributed by atoms with Crippen LogP contribution in [0, 0.1) is 17.7 Å². The van der Waals surface area contributed by atoms with Gasteiger partial charge in [0.25, 0.3) is 0 Å². The summed E-state index contributed by atoms with van der Waals surface area (Å²) in [5.74, 6) is 4.17. The van der Waals surface area contributed by atoms with Gasteiger partial charge in [-0.25, -0.2) is 4.39 Å². The number of aliphatic carboxylic acids is 1. The number of allylic oxidation sites excluding steroid dienone is 1. The first kappa shape index (κ1) is 14.9. The number of aryl methyl sites for hydroxylation is 1. The van der Waals surface area contributed by atoms with Crippen molar-refractivity contribution in [3.63, 3.8) is 0 Å². The van der Waals surface area contributed by atoms with Crippen LogP contribution >= 0.6 is 0 Å². The van der Waals surface area contributed by atoms with E-state index < -0.39 is 11.8 Å². The summed E-state index contributed by atoms with van der Waals surface area (Å²) in [6, 6.07) is 4.49. The zero-order valence-electron chi connectivity index (χ0n) is 10.6. The molecule has 1 aromatic carbocycles. The molecule has 0 spiro atoms. The predicted octanol–water partition coefficient (Wildman–Crippen LogP) is 2.13. The first-order valence-electron chi connectivity index (χ1n) is 5.83. The third-order valence-electron chi connectivity index (χ3n) is 2.46. The standard InChI is InChI=1S/C15H15FO3/c1-11(8-9-17)2-3-12-4-5-13(14(16)10-12)6-7-15(18)19/h4-5,8,10,17H,6-7,9H2,1H3,(H,18,19)/b11-8+. The third kappa shape index (κ3) is 5.36. The van der Waals surface area contributed by atoms with E-state index in [1.807, 2.05) is 0 Å². The number of aliphatic hydroxyl groups excluding tert-OH is 1. The van der Waals surface area contributed by atoms with Crippen molar-refractivity contribution in [1.29, 1.82) is 0 Å². The molecule has 0 fully saturated rings. The van der Waals surface area contributed by atoms with Crippen molar-refractivity contribution >= 4 is 5.97 Å². The Bertz CT molecular complexity index is 550. The fraction of sp³-hybridized carbons (Fsp3) is 0.267. The average molecular weight is 262 g/mol. The molecule has 1 aromatic rings. The SMILES string of the molecule is C/C(C#Cc1ccc(CCC(=O)O)c(F)c1)=C\CO. The Labute approximate surface area is 111 Å². The largest absolute Gasteiger partial charge is 0.481 e. The lowest BCUT2D eigenvalue weighted by molar-refractivity contribution is -0.136. The van der Waals surface area contributed by atoms with Crippen molar-refractivity contribution in [2.75, 3.05) is 6.61 Å². The fourth-order valence-electron chi connectivity index (χ4n) is 1.43. The minimum atomic E-state index is -0.951. The van der Waals surface area contributed by atoms with Crippen LogP contribution in [0.1, 0.15) is 24.5 Å². The minimum absolute atomic E-state index is 0.0804. The third-order valence-corrected chi connectivity index (χ3v) is 2.46. The van der Waals surface area contributed by atoms with Crippen LogP contribution in [0.4, 0.5) is 4.39 Å². The second-order valence-corrected chi connectivity index (χ2v) is 4.02. The summed E-state index contributed by atoms with van der Waals surface area (Å²) in [6.45, 7) is 1.67. The summed E-state index contributed by atoms with van der Waals surface area (Å²) >= 11 is 0. The average Bonchev–Trinajstić information content (AvgIpc) is 2.35. The van der Waals surface area contributed by atoms with Crippen molar-refractivity contribution in [2.45, 2.75) is 19.8 Å². The molecule has 19 heavy (non-hydrogen) atoms. The summed E-state index contributed by atoms with van der Waals surface area (Å²) in [5.41, 5.74) is 1.59. The van der Waals surface area contributed by atoms with E-state index in [0.29, 0.717) is 16.7 Å². The first-order valence-corrected chi connectivity index (χ1v) is 5.83. The number of aliphatic hydroxyl groups is 1. The second kappa shape index (κ2) is 7.34. The first-order chi connectivity index (χ1) is 9.02. The maximum Gasteiger partial charge on any atom is 0.303 e. The smallest absolute Gasteiger partial charge is 0.303 e. The highest BCUT2D eigenvalue weighted by atomic mass is 19.1. The number of carbonyl (C=O) groups is 1. The number of hydrogen-bond acceptors (Lipinski definition) is 2. The van der Waals surface area contributed by atoms with Gasteiger partial charge in [-0.2, -0.15) is 0 Å². The molecule has 0 aliphatic heterocycles. The van der Waals surface area contributed by atoms with E-state index in [4.69, 9.17) is 10.2 Å². The molecule has 0 aliphatic carbocycles. The quantitative estimate of drug-likeness (QED) is 0.817. The van der Waals surface area contributed by atoms with E-state index in [-0.39, 0.29) is 19.4 Å². The van der Waals surface area contributed by atoms with Gasteiger partial charge in [0.15, 0.2) is 0 Å². The Balaban J connectivity index is 2.82. The van der Waals surface area contributed by atoms with Crippen LogP contribution in [-0.4, -0.2) is 22.8 Å². The summed E-state index contributed by atoms with van der Waals surface area (Å²) in [4.78, 5) is 10.4. The number of carboxylic acid groups (broad SMARTS) is 1. The van der Waals surface area contributed by atoms with Crippen LogP contribution in [0.3, 0.4) is 0 Å². The van der Waals surface area contributed by atoms with Crippen LogP contribution in [0.5, 0.6) is 0 Å². The molecule has 100 valence electrons. The van der Waals surface area contributed by atoms with Gasteiger partial charge in [-0.3, -0.25) is 4.79 Å². The number of carboxylic acids is 1. The number of benzene rings is 1. The van der Waals surface area contributed by atoms with Gasteiger partial charge in [0.1, 0.15) is 5.82 Å². The molecule has 0 bridgehead atoms. The second-order valence-electron chi connectivity index (χ2n) is 4.02. The molecule has 0 saturated heterocycles. The topological polar surface area (TPSA) is 57.5 Å². The molecule has 0 aliphatic rings. The van der Waals surface area contributed by atoms with Gasteiger partial charge in [0.05, 0.1) is 6.61 Å². The minimum Gasteiger partial charge on any atom is -0.481 e. The zero-order valence-corrected chi connectivity index (χ0v) is 10.6. The van der Waals surface area contributed by atoms with Crippen LogP contribution in [0.15, 0.2) is 29.8 Å². The van der Waals surface area contributed by atoms with Crippen LogP contribution in [-0.2, 0) is 11.2 Å². The molecule has 0 saturated carbocycles. The molecule has 2 N–H and O–H groups in total. The molecule has 0 radical (unpaired) electrons. The molecule has 3 nitrogen and oxygen atoms in total. The maximum atomic E-state index is 13.7. The van der Waals surface area contributed by atoms with Gasteiger partial charge >= 0.3 is 5.97 Å². The van der Waals surface area contributed by atoms with Gasteiger partial charge < -0.3 is 10.2 Å². The summed E-state index contributed by atoms with van der Waals surface area (Å²) in [7, 11) is 0. The molecule has 1 rings (SSSR count). The molecular weight excluding hydrogens is 247 g/mol. The van der Waals surface area contributed by atoms with Crippen LogP contribution in [0.2, 0.25) is 0 Å². The highest BCUT2D eigenvalue weighted by molar-refractivity contribution is 5.67. The molecule has 0 amide bonds. The highest BCUT2D eigenvalue weighted by Crippen LogP contribution is 2.12. The number of rotatable bonds is 4. The molecule has 0 heterocycles. The van der Waals surface area contributed by atoms with Gasteiger partial charge in [-0.05, 0) is 42.7 Å². The van der Waals surface area contributed by atoms with Gasteiger partial charge in [-0.1, -0.05) is 17.9 Å². The maximum absolute atomic E-state index is 13.7. The lowest BCUT2D eigenvalue weighted by Crippen LogP contribution is -1.99. The molecule has 0 unspecified atom stereocenters. The number of halogens is 1. The van der Waals surface area contributed by atoms with Crippen molar-refractivity contribution in [1.82, 2.24) is 0 Å². The van der Waals surface area contributed by atoms with Crippen molar-refractivity contribution < 1.29 is 19.4 Å². The van der Waals surface area contributed by atoms with Crippen LogP contribution in [0.25, 0.3) is 0 Å². The number of hydrogen-bond donors (Lipinski definition) is 2. The lowest BCUT2D eigenvalue weighted by Gasteiger charge is -2.01. The van der Waals surface area contributed by atoms with E-state index in [9.17, 15) is 9.18 Å². The highest BCUT2D eigenvalue weighted by Gasteiger charge is 2.05. The normalized spacial score (nSPS) is 10.8. The van der Waals surface area contributed by atoms with E-state index >= 15 is 0 Å². The van der Waals surface area contributed by atoms with Gasteiger partial charge in [-0.15, -0.1) is 0 Å². The van der Waals surface area contributed by atoms with Crippen molar-refractivity contribution in [2.24, 2.45) is 0 Å². The van der Waals surface area contributed by atoms with Crippen molar-refractivity contribution in [3.05, 3.63) is 46.8 Å². The summed E-state index contributed by atoms with van der Waals surface area (Å²) < 4.78 is 13.7. The van der Waals surface area contributed by atoms with Gasteiger partial charge in [0.2, 0.25) is 0 Å². The van der Waals surface area contributed by atoms with E-state index in [0.717, 1.165) is 0 Å². The Hall–Kier alpha value is -2.12. The van der Waals surface area contributed by atoms with E-state index in [2.05, 4.69) is 11.8 Å². The zero-order chi connectivity index (χ0) is 14.3. The van der Waals surface area contributed by atoms with Gasteiger partial charge in [0, 0.05) is 12.0 Å². The summed E-state index contributed by atoms with van der Waals surface area (Å²) in [5, 5.41) is 17.2. The predicted molar refractivity (Wildman–Crippen MR) is 70.1 cm³/mol. The Morgan fingerprint density at radius 1 is 1.47 bits per heavy atom.